The number of hydrogen-bond acceptors (Lipinski definition) is 2. The first kappa shape index (κ1) is 16.0. The third-order valence-electron chi connectivity index (χ3n) is 3.00. The van der Waals surface area contributed by atoms with E-state index in [1.165, 1.54) is 10.9 Å². The van der Waals surface area contributed by atoms with Crippen LogP contribution in [0.15, 0.2) is 28.9 Å². The molecule has 0 saturated carbocycles. The topological polar surface area (TPSA) is 38.0 Å². The minimum Gasteiger partial charge on any atom is -0.382 e. The van der Waals surface area contributed by atoms with Gasteiger partial charge in [-0.05, 0) is 40.5 Å². The van der Waals surface area contributed by atoms with Gasteiger partial charge in [-0.1, -0.05) is 6.07 Å². The van der Waals surface area contributed by atoms with Gasteiger partial charge in [-0.25, -0.2) is 4.39 Å². The molecule has 0 radical (unpaired) electrons. The first-order valence-corrected chi connectivity index (χ1v) is 6.81. The smallest absolute Gasteiger partial charge is 0.382 e. The Balaban J connectivity index is 2.49. The molecule has 1 aromatic carbocycles. The first-order chi connectivity index (χ1) is 9.75. The molecule has 8 heteroatoms. The van der Waals surface area contributed by atoms with Crippen molar-refractivity contribution in [3.8, 4) is 0 Å². The standard InChI is InChI=1S/C13H11BrF4N2O/c1-2-20-11(9(14)6-19-20)12(21)7-3-4-10(15)8(5-7)13(16,17)18/h3-6,12,21H,2H2,1H3. The first-order valence-electron chi connectivity index (χ1n) is 6.01. The number of rotatable bonds is 3. The molecule has 0 fully saturated rings. The van der Waals surface area contributed by atoms with E-state index in [9.17, 15) is 22.7 Å². The van der Waals surface area contributed by atoms with Gasteiger partial charge < -0.3 is 5.11 Å². The molecule has 0 bridgehead atoms. The Morgan fingerprint density at radius 3 is 2.62 bits per heavy atom. The fourth-order valence-electron chi connectivity index (χ4n) is 1.98. The third kappa shape index (κ3) is 3.11. The van der Waals surface area contributed by atoms with E-state index in [4.69, 9.17) is 0 Å². The molecule has 1 aromatic heterocycles. The number of aryl methyl sites for hydroxylation is 1. The summed E-state index contributed by atoms with van der Waals surface area (Å²) in [7, 11) is 0. The Morgan fingerprint density at radius 2 is 2.05 bits per heavy atom. The quantitative estimate of drug-likeness (QED) is 0.836. The van der Waals surface area contributed by atoms with Crippen molar-refractivity contribution in [3.05, 3.63) is 51.5 Å². The fourth-order valence-corrected chi connectivity index (χ4v) is 2.50. The molecule has 1 unspecified atom stereocenters. The largest absolute Gasteiger partial charge is 0.419 e. The van der Waals surface area contributed by atoms with Crippen molar-refractivity contribution in [2.75, 3.05) is 0 Å². The van der Waals surface area contributed by atoms with Gasteiger partial charge in [-0.15, -0.1) is 0 Å². The van der Waals surface area contributed by atoms with Gasteiger partial charge in [0.2, 0.25) is 0 Å². The summed E-state index contributed by atoms with van der Waals surface area (Å²) in [6.45, 7) is 2.22. The van der Waals surface area contributed by atoms with Crippen LogP contribution in [0.1, 0.15) is 29.8 Å². The van der Waals surface area contributed by atoms with Gasteiger partial charge >= 0.3 is 6.18 Å². The lowest BCUT2D eigenvalue weighted by Gasteiger charge is -2.16. The van der Waals surface area contributed by atoms with E-state index in [0.29, 0.717) is 28.8 Å². The molecule has 0 amide bonds. The molecule has 1 atom stereocenters. The molecule has 114 valence electrons. The fraction of sp³-hybridized carbons (Fsp3) is 0.308. The van der Waals surface area contributed by atoms with Crippen molar-refractivity contribution in [1.29, 1.82) is 0 Å². The molecule has 2 aromatic rings. The van der Waals surface area contributed by atoms with Gasteiger partial charge in [0.25, 0.3) is 0 Å². The van der Waals surface area contributed by atoms with E-state index in [1.807, 2.05) is 0 Å². The number of alkyl halides is 3. The minimum absolute atomic E-state index is 0.0559. The van der Waals surface area contributed by atoms with Gasteiger partial charge in [0.15, 0.2) is 0 Å². The second kappa shape index (κ2) is 5.76. The minimum atomic E-state index is -4.82. The molecule has 1 heterocycles. The van der Waals surface area contributed by atoms with E-state index < -0.39 is 23.7 Å². The lowest BCUT2D eigenvalue weighted by atomic mass is 10.0. The van der Waals surface area contributed by atoms with Gasteiger partial charge in [-0.3, -0.25) is 4.68 Å². The second-order valence-corrected chi connectivity index (χ2v) is 5.19. The lowest BCUT2D eigenvalue weighted by Crippen LogP contribution is -2.13. The van der Waals surface area contributed by atoms with Crippen LogP contribution in [0.4, 0.5) is 17.6 Å². The Hall–Kier alpha value is -1.41. The summed E-state index contributed by atoms with van der Waals surface area (Å²) in [5, 5.41) is 14.3. The van der Waals surface area contributed by atoms with Crippen molar-refractivity contribution in [2.24, 2.45) is 0 Å². The van der Waals surface area contributed by atoms with Crippen LogP contribution >= 0.6 is 15.9 Å². The molecule has 2 rings (SSSR count). The Bertz CT molecular complexity index is 654. The maximum Gasteiger partial charge on any atom is 0.419 e. The summed E-state index contributed by atoms with van der Waals surface area (Å²) in [5.74, 6) is -1.37. The van der Waals surface area contributed by atoms with Gasteiger partial charge in [0.1, 0.15) is 11.9 Å². The van der Waals surface area contributed by atoms with E-state index in [0.717, 1.165) is 6.07 Å². The Kier molecular flexibility index (Phi) is 4.38. The highest BCUT2D eigenvalue weighted by molar-refractivity contribution is 9.10. The van der Waals surface area contributed by atoms with Crippen molar-refractivity contribution in [2.45, 2.75) is 25.7 Å². The lowest BCUT2D eigenvalue weighted by molar-refractivity contribution is -0.140. The number of nitrogens with zero attached hydrogens (tertiary/aromatic N) is 2. The van der Waals surface area contributed by atoms with E-state index in [-0.39, 0.29) is 5.56 Å². The maximum atomic E-state index is 13.3. The van der Waals surface area contributed by atoms with E-state index in [1.54, 1.807) is 6.92 Å². The van der Waals surface area contributed by atoms with Crippen LogP contribution in [-0.4, -0.2) is 14.9 Å². The maximum absolute atomic E-state index is 13.3. The molecule has 0 aliphatic carbocycles. The molecule has 0 spiro atoms. The summed E-state index contributed by atoms with van der Waals surface area (Å²) >= 11 is 3.19. The summed E-state index contributed by atoms with van der Waals surface area (Å²) < 4.78 is 53.3. The Labute approximate surface area is 126 Å². The van der Waals surface area contributed by atoms with Crippen LogP contribution in [0.2, 0.25) is 0 Å². The highest BCUT2D eigenvalue weighted by atomic mass is 79.9. The van der Waals surface area contributed by atoms with Gasteiger partial charge in [0.05, 0.1) is 21.9 Å². The molecule has 0 aliphatic heterocycles. The number of aromatic nitrogens is 2. The average molecular weight is 367 g/mol. The summed E-state index contributed by atoms with van der Waals surface area (Å²) in [4.78, 5) is 0. The number of halogens is 5. The number of aliphatic hydroxyl groups excluding tert-OH is 1. The highest BCUT2D eigenvalue weighted by Crippen LogP contribution is 2.35. The second-order valence-electron chi connectivity index (χ2n) is 4.33. The van der Waals surface area contributed by atoms with Crippen LogP contribution in [0.3, 0.4) is 0 Å². The van der Waals surface area contributed by atoms with Crippen LogP contribution in [0.25, 0.3) is 0 Å². The zero-order chi connectivity index (χ0) is 15.8. The molecule has 0 saturated heterocycles. The van der Waals surface area contributed by atoms with Crippen molar-refractivity contribution >= 4 is 15.9 Å². The van der Waals surface area contributed by atoms with Crippen LogP contribution in [0, 0.1) is 5.82 Å². The molecular weight excluding hydrogens is 356 g/mol. The van der Waals surface area contributed by atoms with Crippen molar-refractivity contribution < 1.29 is 22.7 Å². The van der Waals surface area contributed by atoms with Crippen LogP contribution in [-0.2, 0) is 12.7 Å². The van der Waals surface area contributed by atoms with Gasteiger partial charge in [0, 0.05) is 6.54 Å². The van der Waals surface area contributed by atoms with Gasteiger partial charge in [-0.2, -0.15) is 18.3 Å². The number of aliphatic hydroxyl groups is 1. The molecular formula is C13H11BrF4N2O. The highest BCUT2D eigenvalue weighted by Gasteiger charge is 2.35. The predicted octanol–water partition coefficient (Wildman–Crippen LogP) is 3.91. The number of benzene rings is 1. The van der Waals surface area contributed by atoms with E-state index in [2.05, 4.69) is 21.0 Å². The summed E-state index contributed by atoms with van der Waals surface area (Å²) in [5.41, 5.74) is -1.14. The zero-order valence-corrected chi connectivity index (χ0v) is 12.4. The van der Waals surface area contributed by atoms with Crippen LogP contribution in [0.5, 0.6) is 0 Å². The monoisotopic (exact) mass is 366 g/mol. The summed E-state index contributed by atoms with van der Waals surface area (Å²) in [6.07, 6.45) is -4.72. The Morgan fingerprint density at radius 1 is 1.38 bits per heavy atom. The number of hydrogen-bond donors (Lipinski definition) is 1. The van der Waals surface area contributed by atoms with Crippen molar-refractivity contribution in [1.82, 2.24) is 9.78 Å². The molecule has 0 aliphatic rings. The molecule has 1 N–H and O–H groups in total. The SMILES string of the molecule is CCn1ncc(Br)c1C(O)c1ccc(F)c(C(F)(F)F)c1. The predicted molar refractivity (Wildman–Crippen MR) is 71.1 cm³/mol. The normalized spacial score (nSPS) is 13.5. The van der Waals surface area contributed by atoms with Crippen LogP contribution < -0.4 is 0 Å². The average Bonchev–Trinajstić information content (AvgIpc) is 2.78. The van der Waals surface area contributed by atoms with E-state index >= 15 is 0 Å². The summed E-state index contributed by atoms with van der Waals surface area (Å²) in [6, 6.07) is 2.43. The zero-order valence-electron chi connectivity index (χ0n) is 10.8. The van der Waals surface area contributed by atoms with Crippen molar-refractivity contribution in [3.63, 3.8) is 0 Å². The third-order valence-corrected chi connectivity index (χ3v) is 3.61. The molecule has 21 heavy (non-hydrogen) atoms. The molecule has 3 nitrogen and oxygen atoms in total.